The summed E-state index contributed by atoms with van der Waals surface area (Å²) in [5.41, 5.74) is 11.2. The first kappa shape index (κ1) is 25.2. The number of aryl methyl sites for hydroxylation is 1. The second kappa shape index (κ2) is 10.1. The first-order valence-corrected chi connectivity index (χ1v) is 13.2. The van der Waals surface area contributed by atoms with Crippen LogP contribution in [0.25, 0.3) is 6.08 Å². The number of hydrogen-bond donors (Lipinski definition) is 3. The minimum absolute atomic E-state index is 0.0418. The molecule has 2 aliphatic carbocycles. The highest BCUT2D eigenvalue weighted by atomic mass is 19.1. The SMILES string of the molecule is CC1(C)Cc2ccc(/C=C\CCC3CC(=O)NC(N)=N3)cc2C(NC(=O)c2cc(F)c3c(c2)CCC3)C1. The summed E-state index contributed by atoms with van der Waals surface area (Å²) >= 11 is 0. The molecule has 0 saturated heterocycles. The number of fused-ring (bicyclic) bond motifs is 2. The molecule has 4 N–H and O–H groups in total. The number of rotatable bonds is 6. The lowest BCUT2D eigenvalue weighted by atomic mass is 9.71. The van der Waals surface area contributed by atoms with Gasteiger partial charge in [0.2, 0.25) is 5.91 Å². The van der Waals surface area contributed by atoms with Crippen LogP contribution in [0.5, 0.6) is 0 Å². The largest absolute Gasteiger partial charge is 0.370 e. The maximum Gasteiger partial charge on any atom is 0.251 e. The lowest BCUT2D eigenvalue weighted by Crippen LogP contribution is -2.43. The predicted molar refractivity (Wildman–Crippen MR) is 144 cm³/mol. The first-order chi connectivity index (χ1) is 17.7. The van der Waals surface area contributed by atoms with Gasteiger partial charge in [-0.05, 0) is 96.4 Å². The number of allylic oxidation sites excluding steroid dienone is 1. The fourth-order valence-corrected chi connectivity index (χ4v) is 5.96. The van der Waals surface area contributed by atoms with Gasteiger partial charge in [-0.2, -0.15) is 0 Å². The molecule has 0 fully saturated rings. The van der Waals surface area contributed by atoms with E-state index in [9.17, 15) is 14.0 Å². The van der Waals surface area contributed by atoms with E-state index >= 15 is 0 Å². The maximum atomic E-state index is 14.6. The molecule has 3 aliphatic rings. The zero-order chi connectivity index (χ0) is 26.2. The van der Waals surface area contributed by atoms with E-state index in [1.54, 1.807) is 0 Å². The molecule has 1 heterocycles. The van der Waals surface area contributed by atoms with Crippen LogP contribution in [0.2, 0.25) is 0 Å². The van der Waals surface area contributed by atoms with E-state index in [1.165, 1.54) is 11.6 Å². The van der Waals surface area contributed by atoms with Gasteiger partial charge in [0, 0.05) is 12.0 Å². The van der Waals surface area contributed by atoms with Crippen molar-refractivity contribution in [3.05, 3.63) is 75.6 Å². The molecular weight excluding hydrogens is 467 g/mol. The Hall–Kier alpha value is -3.48. The highest BCUT2D eigenvalue weighted by molar-refractivity contribution is 5.98. The summed E-state index contributed by atoms with van der Waals surface area (Å²) in [7, 11) is 0. The summed E-state index contributed by atoms with van der Waals surface area (Å²) in [6.07, 6.45) is 10.3. The van der Waals surface area contributed by atoms with Gasteiger partial charge < -0.3 is 11.1 Å². The number of halogens is 1. The van der Waals surface area contributed by atoms with Gasteiger partial charge >= 0.3 is 0 Å². The molecule has 2 aromatic carbocycles. The zero-order valence-corrected chi connectivity index (χ0v) is 21.6. The fraction of sp³-hybridized carbons (Fsp3) is 0.433. The number of guanidine groups is 1. The van der Waals surface area contributed by atoms with Gasteiger partial charge in [0.05, 0.1) is 12.1 Å². The Morgan fingerprint density at radius 1 is 1.24 bits per heavy atom. The summed E-state index contributed by atoms with van der Waals surface area (Å²) in [4.78, 5) is 29.2. The highest BCUT2D eigenvalue weighted by Gasteiger charge is 2.33. The van der Waals surface area contributed by atoms with E-state index < -0.39 is 0 Å². The van der Waals surface area contributed by atoms with Crippen molar-refractivity contribution in [2.45, 2.75) is 77.3 Å². The lowest BCUT2D eigenvalue weighted by molar-refractivity contribution is -0.120. The Bertz CT molecular complexity index is 1300. The molecule has 0 spiro atoms. The van der Waals surface area contributed by atoms with E-state index in [2.05, 4.69) is 59.8 Å². The van der Waals surface area contributed by atoms with Crippen molar-refractivity contribution in [3.63, 3.8) is 0 Å². The predicted octanol–water partition coefficient (Wildman–Crippen LogP) is 4.75. The average Bonchev–Trinajstić information content (AvgIpc) is 3.30. The Balaban J connectivity index is 1.30. The third kappa shape index (κ3) is 5.76. The van der Waals surface area contributed by atoms with Crippen molar-refractivity contribution in [1.82, 2.24) is 10.6 Å². The van der Waals surface area contributed by atoms with E-state index in [0.29, 0.717) is 12.0 Å². The van der Waals surface area contributed by atoms with E-state index in [-0.39, 0.29) is 41.1 Å². The summed E-state index contributed by atoms with van der Waals surface area (Å²) < 4.78 is 14.6. The molecule has 0 bridgehead atoms. The number of carbonyl (C=O) groups excluding carboxylic acids is 2. The number of nitrogens with one attached hydrogen (secondary N) is 2. The quantitative estimate of drug-likeness (QED) is 0.532. The number of nitrogens with zero attached hydrogens (tertiary/aromatic N) is 1. The van der Waals surface area contributed by atoms with Crippen LogP contribution in [0.15, 0.2) is 41.4 Å². The van der Waals surface area contributed by atoms with Gasteiger partial charge in [0.15, 0.2) is 5.96 Å². The summed E-state index contributed by atoms with van der Waals surface area (Å²) in [5.74, 6) is -0.382. The lowest BCUT2D eigenvalue weighted by Gasteiger charge is -2.37. The first-order valence-electron chi connectivity index (χ1n) is 13.2. The normalized spacial score (nSPS) is 22.2. The van der Waals surface area contributed by atoms with Gasteiger partial charge in [0.25, 0.3) is 5.91 Å². The van der Waals surface area contributed by atoms with E-state index in [1.807, 2.05) is 6.07 Å². The minimum atomic E-state index is -0.265. The van der Waals surface area contributed by atoms with Gasteiger partial charge in [-0.1, -0.05) is 38.1 Å². The van der Waals surface area contributed by atoms with Crippen LogP contribution in [0.1, 0.15) is 90.2 Å². The molecule has 0 radical (unpaired) electrons. The number of aliphatic imine (C=N–C) groups is 1. The number of amides is 2. The Morgan fingerprint density at radius 3 is 2.89 bits per heavy atom. The van der Waals surface area contributed by atoms with E-state index in [0.717, 1.165) is 67.2 Å². The monoisotopic (exact) mass is 502 g/mol. The molecule has 1 aliphatic heterocycles. The smallest absolute Gasteiger partial charge is 0.251 e. The van der Waals surface area contributed by atoms with Crippen molar-refractivity contribution in [1.29, 1.82) is 0 Å². The summed E-state index contributed by atoms with van der Waals surface area (Å²) in [6.45, 7) is 4.44. The maximum absolute atomic E-state index is 14.6. The molecule has 2 atom stereocenters. The van der Waals surface area contributed by atoms with Crippen LogP contribution < -0.4 is 16.4 Å². The van der Waals surface area contributed by atoms with Gasteiger partial charge in [-0.15, -0.1) is 0 Å². The van der Waals surface area contributed by atoms with Crippen LogP contribution in [0.3, 0.4) is 0 Å². The van der Waals surface area contributed by atoms with Crippen molar-refractivity contribution in [2.24, 2.45) is 16.1 Å². The second-order valence-electron chi connectivity index (χ2n) is 11.4. The topological polar surface area (TPSA) is 96.6 Å². The highest BCUT2D eigenvalue weighted by Crippen LogP contribution is 2.41. The molecule has 7 heteroatoms. The molecule has 0 aromatic heterocycles. The van der Waals surface area contributed by atoms with Crippen LogP contribution in [0, 0.1) is 11.2 Å². The van der Waals surface area contributed by atoms with Crippen molar-refractivity contribution in [2.75, 3.05) is 0 Å². The van der Waals surface area contributed by atoms with Crippen molar-refractivity contribution < 1.29 is 14.0 Å². The fourth-order valence-electron chi connectivity index (χ4n) is 5.96. The van der Waals surface area contributed by atoms with Crippen LogP contribution in [0.4, 0.5) is 4.39 Å². The minimum Gasteiger partial charge on any atom is -0.370 e. The second-order valence-corrected chi connectivity index (χ2v) is 11.4. The summed E-state index contributed by atoms with van der Waals surface area (Å²) in [6, 6.07) is 9.43. The molecular formula is C30H35FN4O2. The van der Waals surface area contributed by atoms with Gasteiger partial charge in [-0.3, -0.25) is 14.9 Å². The molecule has 2 unspecified atom stereocenters. The molecule has 2 amide bonds. The number of benzene rings is 2. The molecule has 0 saturated carbocycles. The van der Waals surface area contributed by atoms with Crippen molar-refractivity contribution >= 4 is 23.8 Å². The van der Waals surface area contributed by atoms with Crippen molar-refractivity contribution in [3.8, 4) is 0 Å². The van der Waals surface area contributed by atoms with Crippen LogP contribution in [-0.2, 0) is 24.1 Å². The van der Waals surface area contributed by atoms with Gasteiger partial charge in [0.1, 0.15) is 5.82 Å². The molecule has 5 rings (SSSR count). The molecule has 37 heavy (non-hydrogen) atoms. The third-order valence-corrected chi connectivity index (χ3v) is 7.69. The Morgan fingerprint density at radius 2 is 2.08 bits per heavy atom. The number of carbonyl (C=O) groups is 2. The van der Waals surface area contributed by atoms with Crippen LogP contribution in [-0.4, -0.2) is 23.8 Å². The number of nitrogens with two attached hydrogens (primary N) is 1. The van der Waals surface area contributed by atoms with Gasteiger partial charge in [-0.25, -0.2) is 9.38 Å². The molecule has 6 nitrogen and oxygen atoms in total. The zero-order valence-electron chi connectivity index (χ0n) is 21.6. The summed E-state index contributed by atoms with van der Waals surface area (Å²) in [5, 5.41) is 5.74. The molecule has 194 valence electrons. The molecule has 2 aromatic rings. The Kier molecular flexibility index (Phi) is 6.88. The van der Waals surface area contributed by atoms with Crippen LogP contribution >= 0.6 is 0 Å². The third-order valence-electron chi connectivity index (χ3n) is 7.69. The number of hydrogen-bond acceptors (Lipinski definition) is 4. The standard InChI is InChI=1S/C30H35FN4O2/c1-30(2)16-20-11-10-18(6-3-4-8-22-15-27(36)35-29(32)33-22)12-24(20)26(17-30)34-28(37)21-13-19-7-5-9-23(19)25(31)14-21/h3,6,10-14,22,26H,4-5,7-9,15-17H2,1-2H3,(H,34,37)(H3,32,33,35,36)/b6-3-. The van der Waals surface area contributed by atoms with E-state index in [4.69, 9.17) is 5.73 Å². The average molecular weight is 503 g/mol. The Labute approximate surface area is 217 Å².